The lowest BCUT2D eigenvalue weighted by Gasteiger charge is -2.10. The van der Waals surface area contributed by atoms with Gasteiger partial charge in [0.25, 0.3) is 11.8 Å². The maximum atomic E-state index is 12.1. The fraction of sp³-hybridized carbons (Fsp3) is 0.294. The van der Waals surface area contributed by atoms with Crippen LogP contribution in [0.15, 0.2) is 34.9 Å². The van der Waals surface area contributed by atoms with Crippen molar-refractivity contribution >= 4 is 27.7 Å². The van der Waals surface area contributed by atoms with Crippen LogP contribution >= 0.6 is 15.9 Å². The summed E-state index contributed by atoms with van der Waals surface area (Å²) in [6.07, 6.45) is 1.81. The lowest BCUT2D eigenvalue weighted by molar-refractivity contribution is -0.123. The van der Waals surface area contributed by atoms with Gasteiger partial charge in [-0.3, -0.25) is 20.4 Å². The second kappa shape index (κ2) is 8.01. The van der Waals surface area contributed by atoms with Crippen LogP contribution in [-0.4, -0.2) is 23.0 Å². The molecule has 0 saturated carbocycles. The quantitative estimate of drug-likeness (QED) is 0.767. The molecule has 0 spiro atoms. The number of halogens is 1. The highest BCUT2D eigenvalue weighted by atomic mass is 79.9. The summed E-state index contributed by atoms with van der Waals surface area (Å²) in [5, 5.41) is 0. The minimum Gasteiger partial charge on any atom is -0.484 e. The first-order valence-corrected chi connectivity index (χ1v) is 8.35. The Balaban J connectivity index is 1.84. The number of aryl methyl sites for hydroxylation is 3. The summed E-state index contributed by atoms with van der Waals surface area (Å²) in [4.78, 5) is 23.9. The van der Waals surface area contributed by atoms with Gasteiger partial charge in [0.05, 0.1) is 0 Å². The van der Waals surface area contributed by atoms with Crippen molar-refractivity contribution in [1.29, 1.82) is 0 Å². The molecule has 0 aliphatic heterocycles. The average Bonchev–Trinajstić information content (AvgIpc) is 2.94. The Labute approximate surface area is 149 Å². The van der Waals surface area contributed by atoms with Gasteiger partial charge in [0.1, 0.15) is 11.4 Å². The van der Waals surface area contributed by atoms with Gasteiger partial charge in [0, 0.05) is 17.2 Å². The van der Waals surface area contributed by atoms with E-state index in [4.69, 9.17) is 4.74 Å². The molecule has 1 heterocycles. The zero-order valence-corrected chi connectivity index (χ0v) is 15.4. The number of carbonyl (C=O) groups is 2. The molecule has 2 amide bonds. The second-order valence-corrected chi connectivity index (χ2v) is 6.28. The van der Waals surface area contributed by atoms with E-state index < -0.39 is 5.91 Å². The van der Waals surface area contributed by atoms with Gasteiger partial charge in [-0.15, -0.1) is 0 Å². The SMILES string of the molecule is CCn1cc(Br)cc1C(=O)NNC(=O)COc1ccc(C)c(C)c1. The molecular weight excluding hydrogens is 374 g/mol. The third-order valence-electron chi connectivity index (χ3n) is 3.60. The number of benzene rings is 1. The Bertz CT molecular complexity index is 756. The molecule has 0 bridgehead atoms. The Hall–Kier alpha value is -2.28. The first-order valence-electron chi connectivity index (χ1n) is 7.55. The molecule has 0 atom stereocenters. The Morgan fingerprint density at radius 1 is 1.17 bits per heavy atom. The molecule has 128 valence electrons. The number of rotatable bonds is 5. The van der Waals surface area contributed by atoms with Crippen molar-refractivity contribution in [2.24, 2.45) is 0 Å². The van der Waals surface area contributed by atoms with Crippen molar-refractivity contribution < 1.29 is 14.3 Å². The number of hydrogen-bond acceptors (Lipinski definition) is 3. The minimum atomic E-state index is -0.435. The summed E-state index contributed by atoms with van der Waals surface area (Å²) >= 11 is 3.33. The van der Waals surface area contributed by atoms with Gasteiger partial charge in [-0.25, -0.2) is 0 Å². The van der Waals surface area contributed by atoms with Gasteiger partial charge in [0.2, 0.25) is 0 Å². The van der Waals surface area contributed by atoms with E-state index in [9.17, 15) is 9.59 Å². The van der Waals surface area contributed by atoms with Crippen molar-refractivity contribution in [2.75, 3.05) is 6.61 Å². The van der Waals surface area contributed by atoms with Gasteiger partial charge in [-0.05, 0) is 66.0 Å². The fourth-order valence-electron chi connectivity index (χ4n) is 2.11. The molecule has 0 aliphatic carbocycles. The van der Waals surface area contributed by atoms with Crippen LogP contribution in [0.25, 0.3) is 0 Å². The van der Waals surface area contributed by atoms with Crippen molar-refractivity contribution in [3.8, 4) is 5.75 Å². The predicted octanol–water partition coefficient (Wildman–Crippen LogP) is 2.73. The van der Waals surface area contributed by atoms with Gasteiger partial charge in [-0.1, -0.05) is 6.07 Å². The van der Waals surface area contributed by atoms with E-state index in [-0.39, 0.29) is 12.5 Å². The topological polar surface area (TPSA) is 72.4 Å². The molecule has 0 saturated heterocycles. The smallest absolute Gasteiger partial charge is 0.286 e. The molecule has 2 N–H and O–H groups in total. The van der Waals surface area contributed by atoms with E-state index in [0.717, 1.165) is 15.6 Å². The molecule has 24 heavy (non-hydrogen) atoms. The van der Waals surface area contributed by atoms with E-state index in [1.54, 1.807) is 22.9 Å². The molecule has 0 fully saturated rings. The number of nitrogens with zero attached hydrogens (tertiary/aromatic N) is 1. The van der Waals surface area contributed by atoms with Crippen molar-refractivity contribution in [3.05, 3.63) is 51.8 Å². The van der Waals surface area contributed by atoms with Crippen molar-refractivity contribution in [3.63, 3.8) is 0 Å². The van der Waals surface area contributed by atoms with Gasteiger partial charge in [-0.2, -0.15) is 0 Å². The number of carbonyl (C=O) groups excluding carboxylic acids is 2. The minimum absolute atomic E-state index is 0.179. The molecule has 7 heteroatoms. The molecule has 1 aromatic heterocycles. The summed E-state index contributed by atoms with van der Waals surface area (Å²) in [7, 11) is 0. The van der Waals surface area contributed by atoms with E-state index in [0.29, 0.717) is 18.0 Å². The first kappa shape index (κ1) is 18.1. The molecule has 0 unspecified atom stereocenters. The maximum absolute atomic E-state index is 12.1. The predicted molar refractivity (Wildman–Crippen MR) is 94.8 cm³/mol. The third-order valence-corrected chi connectivity index (χ3v) is 4.03. The normalized spacial score (nSPS) is 10.3. The molecule has 1 aromatic carbocycles. The number of hydrazine groups is 1. The summed E-state index contributed by atoms with van der Waals surface area (Å²) < 4.78 is 7.99. The highest BCUT2D eigenvalue weighted by molar-refractivity contribution is 9.10. The number of nitrogens with one attached hydrogen (secondary N) is 2. The number of ether oxygens (including phenoxy) is 1. The van der Waals surface area contributed by atoms with Crippen molar-refractivity contribution in [1.82, 2.24) is 15.4 Å². The van der Waals surface area contributed by atoms with Crippen LogP contribution in [0.3, 0.4) is 0 Å². The molecule has 6 nitrogen and oxygen atoms in total. The number of hydrogen-bond donors (Lipinski definition) is 2. The highest BCUT2D eigenvalue weighted by Gasteiger charge is 2.13. The van der Waals surface area contributed by atoms with Crippen LogP contribution < -0.4 is 15.6 Å². The van der Waals surface area contributed by atoms with Crippen LogP contribution in [0.5, 0.6) is 5.75 Å². The summed E-state index contributed by atoms with van der Waals surface area (Å²) in [6, 6.07) is 7.30. The summed E-state index contributed by atoms with van der Waals surface area (Å²) in [6.45, 7) is 6.38. The van der Waals surface area contributed by atoms with E-state index in [2.05, 4.69) is 26.8 Å². The number of aromatic nitrogens is 1. The zero-order valence-electron chi connectivity index (χ0n) is 13.9. The highest BCUT2D eigenvalue weighted by Crippen LogP contribution is 2.16. The van der Waals surface area contributed by atoms with Crippen LogP contribution in [0.4, 0.5) is 0 Å². The van der Waals surface area contributed by atoms with E-state index in [1.165, 1.54) is 0 Å². The average molecular weight is 394 g/mol. The lowest BCUT2D eigenvalue weighted by atomic mass is 10.1. The monoisotopic (exact) mass is 393 g/mol. The largest absolute Gasteiger partial charge is 0.484 e. The molecule has 0 radical (unpaired) electrons. The molecular formula is C17H20BrN3O3. The van der Waals surface area contributed by atoms with Crippen LogP contribution in [0.1, 0.15) is 28.5 Å². The third kappa shape index (κ3) is 4.61. The molecule has 2 rings (SSSR count). The van der Waals surface area contributed by atoms with Gasteiger partial charge in [0.15, 0.2) is 6.61 Å². The summed E-state index contributed by atoms with van der Waals surface area (Å²) in [5.41, 5.74) is 7.43. The van der Waals surface area contributed by atoms with Crippen LogP contribution in [0.2, 0.25) is 0 Å². The Morgan fingerprint density at radius 2 is 1.92 bits per heavy atom. The standard InChI is InChI=1S/C17H20BrN3O3/c1-4-21-9-13(18)8-15(21)17(23)20-19-16(22)10-24-14-6-5-11(2)12(3)7-14/h5-9H,4,10H2,1-3H3,(H,19,22)(H,20,23). The van der Waals surface area contributed by atoms with Crippen molar-refractivity contribution in [2.45, 2.75) is 27.3 Å². The van der Waals surface area contributed by atoms with Crippen LogP contribution in [-0.2, 0) is 11.3 Å². The van der Waals surface area contributed by atoms with E-state index in [1.807, 2.05) is 32.9 Å². The number of amides is 2. The zero-order chi connectivity index (χ0) is 17.7. The second-order valence-electron chi connectivity index (χ2n) is 5.37. The van der Waals surface area contributed by atoms with Crippen LogP contribution in [0, 0.1) is 13.8 Å². The van der Waals surface area contributed by atoms with E-state index >= 15 is 0 Å². The maximum Gasteiger partial charge on any atom is 0.286 e. The Morgan fingerprint density at radius 3 is 2.58 bits per heavy atom. The Kier molecular flexibility index (Phi) is 6.03. The lowest BCUT2D eigenvalue weighted by Crippen LogP contribution is -2.44. The summed E-state index contributed by atoms with van der Waals surface area (Å²) in [5.74, 6) is -0.208. The van der Waals surface area contributed by atoms with Gasteiger partial charge >= 0.3 is 0 Å². The molecule has 2 aromatic rings. The fourth-order valence-corrected chi connectivity index (χ4v) is 2.57. The van der Waals surface area contributed by atoms with Gasteiger partial charge < -0.3 is 9.30 Å². The molecule has 0 aliphatic rings. The first-order chi connectivity index (χ1) is 11.4.